The quantitative estimate of drug-likeness (QED) is 0.897. The molecular weight excluding hydrogens is 294 g/mol. The predicted octanol–water partition coefficient (Wildman–Crippen LogP) is 2.73. The van der Waals surface area contributed by atoms with E-state index in [0.717, 1.165) is 24.4 Å². The minimum Gasteiger partial charge on any atom is -0.444 e. The van der Waals surface area contributed by atoms with Crippen LogP contribution in [0.1, 0.15) is 64.5 Å². The van der Waals surface area contributed by atoms with Crippen molar-refractivity contribution < 1.29 is 14.6 Å². The number of aromatic nitrogens is 2. The number of hydrogen-bond acceptors (Lipinski definition) is 4. The average molecular weight is 323 g/mol. The number of alkyl carbamates (subject to hydrolysis) is 1. The molecule has 0 spiro atoms. The molecule has 1 heterocycles. The monoisotopic (exact) mass is 323 g/mol. The molecule has 0 radical (unpaired) electrons. The average Bonchev–Trinajstić information content (AvgIpc) is 2.79. The van der Waals surface area contributed by atoms with E-state index in [0.29, 0.717) is 12.8 Å². The highest BCUT2D eigenvalue weighted by molar-refractivity contribution is 5.68. The summed E-state index contributed by atoms with van der Waals surface area (Å²) in [6.45, 7) is 9.58. The third-order valence-electron chi connectivity index (χ3n) is 4.09. The van der Waals surface area contributed by atoms with Crippen molar-refractivity contribution in [3.63, 3.8) is 0 Å². The van der Waals surface area contributed by atoms with Gasteiger partial charge in [0.25, 0.3) is 0 Å². The fourth-order valence-electron chi connectivity index (χ4n) is 3.17. The van der Waals surface area contributed by atoms with Crippen molar-refractivity contribution in [2.24, 2.45) is 0 Å². The number of aliphatic hydroxyl groups is 1. The minimum atomic E-state index is -0.520. The minimum absolute atomic E-state index is 0.00224. The van der Waals surface area contributed by atoms with Gasteiger partial charge >= 0.3 is 6.09 Å². The maximum Gasteiger partial charge on any atom is 0.407 e. The van der Waals surface area contributed by atoms with Crippen molar-refractivity contribution in [3.05, 3.63) is 17.7 Å². The summed E-state index contributed by atoms with van der Waals surface area (Å²) >= 11 is 0. The summed E-state index contributed by atoms with van der Waals surface area (Å²) in [7, 11) is 0. The fourth-order valence-corrected chi connectivity index (χ4v) is 3.17. The number of hydrogen-bond donors (Lipinski definition) is 2. The van der Waals surface area contributed by atoms with Crippen molar-refractivity contribution in [2.75, 3.05) is 0 Å². The summed E-state index contributed by atoms with van der Waals surface area (Å²) in [5, 5.41) is 13.1. The Morgan fingerprint density at radius 2 is 2.17 bits per heavy atom. The molecule has 1 aromatic heterocycles. The first kappa shape index (κ1) is 17.8. The van der Waals surface area contributed by atoms with E-state index in [1.165, 1.54) is 0 Å². The molecule has 1 amide bonds. The number of aliphatic hydroxyl groups excluding tert-OH is 1. The molecule has 0 aliphatic heterocycles. The highest BCUT2D eigenvalue weighted by Gasteiger charge is 2.34. The molecule has 130 valence electrons. The van der Waals surface area contributed by atoms with Gasteiger partial charge in [-0.05, 0) is 47.0 Å². The SMILES string of the molecule is CCc1nc(C)cn1C1CC(O)CCC1NC(=O)OC(C)(C)C. The van der Waals surface area contributed by atoms with Gasteiger partial charge in [-0.2, -0.15) is 0 Å². The van der Waals surface area contributed by atoms with Crippen LogP contribution < -0.4 is 5.32 Å². The topological polar surface area (TPSA) is 76.4 Å². The zero-order valence-electron chi connectivity index (χ0n) is 14.8. The molecule has 23 heavy (non-hydrogen) atoms. The van der Waals surface area contributed by atoms with Crippen LogP contribution in [0.4, 0.5) is 4.79 Å². The molecule has 3 unspecified atom stereocenters. The van der Waals surface area contributed by atoms with Crippen LogP contribution in [0.25, 0.3) is 0 Å². The Hall–Kier alpha value is -1.56. The Labute approximate surface area is 138 Å². The second-order valence-corrected chi connectivity index (χ2v) is 7.35. The molecule has 1 aromatic rings. The van der Waals surface area contributed by atoms with Gasteiger partial charge in [-0.3, -0.25) is 0 Å². The van der Waals surface area contributed by atoms with Crippen molar-refractivity contribution in [1.29, 1.82) is 0 Å². The normalized spacial score (nSPS) is 25.2. The molecule has 1 aliphatic carbocycles. The van der Waals surface area contributed by atoms with E-state index in [-0.39, 0.29) is 18.2 Å². The number of nitrogens with one attached hydrogen (secondary N) is 1. The fraction of sp³-hybridized carbons (Fsp3) is 0.765. The molecule has 0 bridgehead atoms. The van der Waals surface area contributed by atoms with Gasteiger partial charge in [-0.1, -0.05) is 6.92 Å². The second-order valence-electron chi connectivity index (χ2n) is 7.35. The van der Waals surface area contributed by atoms with Crippen LogP contribution in [0.3, 0.4) is 0 Å². The Bertz CT molecular complexity index is 548. The maximum atomic E-state index is 12.1. The number of rotatable bonds is 3. The lowest BCUT2D eigenvalue weighted by molar-refractivity contribution is 0.0395. The zero-order valence-corrected chi connectivity index (χ0v) is 14.8. The summed E-state index contributed by atoms with van der Waals surface area (Å²) in [4.78, 5) is 16.7. The Balaban J connectivity index is 2.17. The standard InChI is InChI=1S/C17H29N3O3/c1-6-15-18-11(2)10-20(15)14-9-12(21)7-8-13(14)19-16(22)23-17(3,4)5/h10,12-14,21H,6-9H2,1-5H3,(H,19,22). The largest absolute Gasteiger partial charge is 0.444 e. The van der Waals surface area contributed by atoms with Crippen LogP contribution in [0.15, 0.2) is 6.20 Å². The van der Waals surface area contributed by atoms with Gasteiger partial charge in [-0.25, -0.2) is 9.78 Å². The van der Waals surface area contributed by atoms with Gasteiger partial charge in [-0.15, -0.1) is 0 Å². The number of imidazole rings is 1. The molecule has 6 heteroatoms. The first-order valence-corrected chi connectivity index (χ1v) is 8.41. The van der Waals surface area contributed by atoms with Crippen LogP contribution in [-0.4, -0.2) is 38.5 Å². The second kappa shape index (κ2) is 6.91. The maximum absolute atomic E-state index is 12.1. The number of nitrogens with zero attached hydrogens (tertiary/aromatic N) is 2. The van der Waals surface area contributed by atoms with Crippen LogP contribution in [0, 0.1) is 6.92 Å². The molecule has 6 nitrogen and oxygen atoms in total. The van der Waals surface area contributed by atoms with Gasteiger partial charge in [0.2, 0.25) is 0 Å². The number of aryl methyl sites for hydroxylation is 2. The van der Waals surface area contributed by atoms with Crippen molar-refractivity contribution in [2.45, 2.75) is 84.1 Å². The third kappa shape index (κ3) is 4.70. The lowest BCUT2D eigenvalue weighted by Gasteiger charge is -2.36. The van der Waals surface area contributed by atoms with E-state index in [1.54, 1.807) is 0 Å². The van der Waals surface area contributed by atoms with E-state index < -0.39 is 11.7 Å². The van der Waals surface area contributed by atoms with Gasteiger partial charge in [0, 0.05) is 12.6 Å². The molecule has 2 N–H and O–H groups in total. The first-order chi connectivity index (χ1) is 10.7. The van der Waals surface area contributed by atoms with Gasteiger partial charge in [0.15, 0.2) is 0 Å². The smallest absolute Gasteiger partial charge is 0.407 e. The highest BCUT2D eigenvalue weighted by atomic mass is 16.6. The van der Waals surface area contributed by atoms with E-state index in [1.807, 2.05) is 33.9 Å². The first-order valence-electron chi connectivity index (χ1n) is 8.41. The molecule has 2 rings (SSSR count). The summed E-state index contributed by atoms with van der Waals surface area (Å²) in [6.07, 6.45) is 4.11. The van der Waals surface area contributed by atoms with Gasteiger partial charge in [0.1, 0.15) is 11.4 Å². The number of carbonyl (C=O) groups excluding carboxylic acids is 1. The van der Waals surface area contributed by atoms with Gasteiger partial charge < -0.3 is 19.7 Å². The van der Waals surface area contributed by atoms with E-state index in [9.17, 15) is 9.90 Å². The van der Waals surface area contributed by atoms with Crippen molar-refractivity contribution in [1.82, 2.24) is 14.9 Å². The number of ether oxygens (including phenoxy) is 1. The van der Waals surface area contributed by atoms with Gasteiger partial charge in [0.05, 0.1) is 23.9 Å². The zero-order chi connectivity index (χ0) is 17.2. The van der Waals surface area contributed by atoms with Crippen LogP contribution in [0.2, 0.25) is 0 Å². The number of carbonyl (C=O) groups is 1. The van der Waals surface area contributed by atoms with Crippen LogP contribution >= 0.6 is 0 Å². The van der Waals surface area contributed by atoms with E-state index >= 15 is 0 Å². The molecule has 1 aliphatic rings. The van der Waals surface area contributed by atoms with Crippen molar-refractivity contribution >= 4 is 6.09 Å². The Kier molecular flexibility index (Phi) is 5.34. The number of amides is 1. The van der Waals surface area contributed by atoms with E-state index in [4.69, 9.17) is 4.74 Å². The van der Waals surface area contributed by atoms with Crippen molar-refractivity contribution in [3.8, 4) is 0 Å². The molecule has 0 aromatic carbocycles. The highest BCUT2D eigenvalue weighted by Crippen LogP contribution is 2.31. The molecule has 0 saturated heterocycles. The summed E-state index contributed by atoms with van der Waals surface area (Å²) < 4.78 is 7.49. The predicted molar refractivity (Wildman–Crippen MR) is 88.4 cm³/mol. The lowest BCUT2D eigenvalue weighted by atomic mass is 9.88. The summed E-state index contributed by atoms with van der Waals surface area (Å²) in [5.74, 6) is 0.984. The summed E-state index contributed by atoms with van der Waals surface area (Å²) in [5.41, 5.74) is 0.437. The molecule has 1 saturated carbocycles. The molecular formula is C17H29N3O3. The van der Waals surface area contributed by atoms with E-state index in [2.05, 4.69) is 21.8 Å². The third-order valence-corrected chi connectivity index (χ3v) is 4.09. The van der Waals surface area contributed by atoms with Crippen LogP contribution in [-0.2, 0) is 11.2 Å². The Morgan fingerprint density at radius 3 is 2.78 bits per heavy atom. The molecule has 3 atom stereocenters. The molecule has 1 fully saturated rings. The summed E-state index contributed by atoms with van der Waals surface area (Å²) in [6, 6.07) is -0.0606. The Morgan fingerprint density at radius 1 is 1.48 bits per heavy atom. The van der Waals surface area contributed by atoms with Crippen LogP contribution in [0.5, 0.6) is 0 Å². The lowest BCUT2D eigenvalue weighted by Crippen LogP contribution is -2.47.